The van der Waals surface area contributed by atoms with Crippen LogP contribution in [0.2, 0.25) is 0 Å². The minimum Gasteiger partial charge on any atom is -0.398 e. The number of rotatable bonds is 6. The third-order valence-electron chi connectivity index (χ3n) is 2.53. The average molecular weight is 236 g/mol. The average Bonchev–Trinajstić information content (AvgIpc) is 2.31. The number of nitrogen functional groups attached to an aromatic ring is 1. The SMILES string of the molecule is CCCCOCC(=O)Nc1cccc(N)c1C. The molecule has 0 heterocycles. The van der Waals surface area contributed by atoms with Gasteiger partial charge in [0.2, 0.25) is 5.91 Å². The van der Waals surface area contributed by atoms with Crippen molar-refractivity contribution >= 4 is 17.3 Å². The Bertz CT molecular complexity index is 378. The molecule has 3 N–H and O–H groups in total. The van der Waals surface area contributed by atoms with Crippen LogP contribution in [0.1, 0.15) is 25.3 Å². The molecule has 0 aromatic heterocycles. The monoisotopic (exact) mass is 236 g/mol. The quantitative estimate of drug-likeness (QED) is 0.588. The van der Waals surface area contributed by atoms with Crippen molar-refractivity contribution in [2.45, 2.75) is 26.7 Å². The van der Waals surface area contributed by atoms with Crippen LogP contribution in [0.25, 0.3) is 0 Å². The molecule has 0 unspecified atom stereocenters. The van der Waals surface area contributed by atoms with E-state index in [4.69, 9.17) is 10.5 Å². The molecule has 0 saturated carbocycles. The molecule has 0 radical (unpaired) electrons. The maximum atomic E-state index is 11.6. The van der Waals surface area contributed by atoms with Crippen LogP contribution in [0, 0.1) is 6.92 Å². The molecule has 0 aliphatic heterocycles. The molecule has 0 fully saturated rings. The Morgan fingerprint density at radius 2 is 2.24 bits per heavy atom. The lowest BCUT2D eigenvalue weighted by Gasteiger charge is -2.10. The molecule has 1 aromatic rings. The molecule has 1 rings (SSSR count). The van der Waals surface area contributed by atoms with Gasteiger partial charge in [0.25, 0.3) is 0 Å². The van der Waals surface area contributed by atoms with Gasteiger partial charge in [0.15, 0.2) is 0 Å². The van der Waals surface area contributed by atoms with Crippen molar-refractivity contribution in [3.63, 3.8) is 0 Å². The van der Waals surface area contributed by atoms with Crippen LogP contribution in [0.4, 0.5) is 11.4 Å². The number of nitrogens with two attached hydrogens (primary N) is 1. The largest absolute Gasteiger partial charge is 0.398 e. The van der Waals surface area contributed by atoms with Gasteiger partial charge in [0.05, 0.1) is 0 Å². The molecule has 17 heavy (non-hydrogen) atoms. The molecule has 1 aromatic carbocycles. The van der Waals surface area contributed by atoms with Crippen LogP contribution >= 0.6 is 0 Å². The van der Waals surface area contributed by atoms with Crippen LogP contribution in [-0.4, -0.2) is 19.1 Å². The van der Waals surface area contributed by atoms with Gasteiger partial charge >= 0.3 is 0 Å². The lowest BCUT2D eigenvalue weighted by molar-refractivity contribution is -0.120. The first-order valence-electron chi connectivity index (χ1n) is 5.87. The highest BCUT2D eigenvalue weighted by molar-refractivity contribution is 5.93. The second-order valence-corrected chi connectivity index (χ2v) is 3.97. The summed E-state index contributed by atoms with van der Waals surface area (Å²) >= 11 is 0. The number of unbranched alkanes of at least 4 members (excludes halogenated alkanes) is 1. The second kappa shape index (κ2) is 6.91. The van der Waals surface area contributed by atoms with Gasteiger partial charge in [-0.25, -0.2) is 0 Å². The minimum absolute atomic E-state index is 0.0915. The van der Waals surface area contributed by atoms with Crippen LogP contribution in [0.3, 0.4) is 0 Å². The first-order valence-corrected chi connectivity index (χ1v) is 5.87. The maximum Gasteiger partial charge on any atom is 0.250 e. The van der Waals surface area contributed by atoms with E-state index in [1.165, 1.54) is 0 Å². The number of amides is 1. The topological polar surface area (TPSA) is 64.3 Å². The molecule has 0 aliphatic rings. The molecule has 0 aliphatic carbocycles. The number of hydrogen-bond acceptors (Lipinski definition) is 3. The summed E-state index contributed by atoms with van der Waals surface area (Å²) < 4.78 is 5.23. The van der Waals surface area contributed by atoms with Gasteiger partial charge in [-0.2, -0.15) is 0 Å². The summed E-state index contributed by atoms with van der Waals surface area (Å²) in [6.45, 7) is 4.68. The van der Waals surface area contributed by atoms with Gasteiger partial charge in [0, 0.05) is 18.0 Å². The molecule has 0 atom stereocenters. The van der Waals surface area contributed by atoms with Gasteiger partial charge in [-0.1, -0.05) is 19.4 Å². The fourth-order valence-electron chi connectivity index (χ4n) is 1.39. The van der Waals surface area contributed by atoms with E-state index in [1.807, 2.05) is 25.1 Å². The zero-order valence-electron chi connectivity index (χ0n) is 10.5. The molecule has 94 valence electrons. The molecule has 0 spiro atoms. The fourth-order valence-corrected chi connectivity index (χ4v) is 1.39. The van der Waals surface area contributed by atoms with Gasteiger partial charge in [-0.3, -0.25) is 4.79 Å². The number of carbonyl (C=O) groups excluding carboxylic acids is 1. The third kappa shape index (κ3) is 4.44. The molecule has 4 nitrogen and oxygen atoms in total. The highest BCUT2D eigenvalue weighted by atomic mass is 16.5. The standard InChI is InChI=1S/C13H20N2O2/c1-3-4-8-17-9-13(16)15-12-7-5-6-11(14)10(12)2/h5-7H,3-4,8-9,14H2,1-2H3,(H,15,16). The number of benzene rings is 1. The van der Waals surface area contributed by atoms with E-state index in [-0.39, 0.29) is 12.5 Å². The lowest BCUT2D eigenvalue weighted by Crippen LogP contribution is -2.19. The van der Waals surface area contributed by atoms with Crippen molar-refractivity contribution in [3.8, 4) is 0 Å². The van der Waals surface area contributed by atoms with Crippen molar-refractivity contribution in [3.05, 3.63) is 23.8 Å². The number of carbonyl (C=O) groups is 1. The second-order valence-electron chi connectivity index (χ2n) is 3.97. The molecule has 1 amide bonds. The first kappa shape index (κ1) is 13.5. The lowest BCUT2D eigenvalue weighted by atomic mass is 10.1. The number of anilines is 2. The van der Waals surface area contributed by atoms with Crippen molar-refractivity contribution < 1.29 is 9.53 Å². The fraction of sp³-hybridized carbons (Fsp3) is 0.462. The van der Waals surface area contributed by atoms with Gasteiger partial charge in [-0.05, 0) is 31.0 Å². The minimum atomic E-state index is -0.144. The van der Waals surface area contributed by atoms with E-state index in [0.29, 0.717) is 12.3 Å². The molecule has 0 saturated heterocycles. The Morgan fingerprint density at radius 1 is 1.47 bits per heavy atom. The van der Waals surface area contributed by atoms with E-state index in [9.17, 15) is 4.79 Å². The van der Waals surface area contributed by atoms with Crippen molar-refractivity contribution in [1.82, 2.24) is 0 Å². The maximum absolute atomic E-state index is 11.6. The van der Waals surface area contributed by atoms with Crippen molar-refractivity contribution in [2.24, 2.45) is 0 Å². The summed E-state index contributed by atoms with van der Waals surface area (Å²) in [5.74, 6) is -0.144. The Balaban J connectivity index is 2.43. The summed E-state index contributed by atoms with van der Waals surface area (Å²) in [5.41, 5.74) is 8.06. The van der Waals surface area contributed by atoms with Crippen LogP contribution in [-0.2, 0) is 9.53 Å². The van der Waals surface area contributed by atoms with Gasteiger partial charge in [0.1, 0.15) is 6.61 Å². The predicted molar refractivity (Wildman–Crippen MR) is 69.9 cm³/mol. The highest BCUT2D eigenvalue weighted by Crippen LogP contribution is 2.20. The van der Waals surface area contributed by atoms with Gasteiger partial charge in [-0.15, -0.1) is 0 Å². The predicted octanol–water partition coefficient (Wildman–Crippen LogP) is 2.33. The summed E-state index contributed by atoms with van der Waals surface area (Å²) in [7, 11) is 0. The Kier molecular flexibility index (Phi) is 5.49. The molecule has 4 heteroatoms. The Hall–Kier alpha value is -1.55. The summed E-state index contributed by atoms with van der Waals surface area (Å²) in [6.07, 6.45) is 2.04. The Morgan fingerprint density at radius 3 is 2.94 bits per heavy atom. The van der Waals surface area contributed by atoms with Crippen LogP contribution in [0.15, 0.2) is 18.2 Å². The number of nitrogens with one attached hydrogen (secondary N) is 1. The van der Waals surface area contributed by atoms with Gasteiger partial charge < -0.3 is 15.8 Å². The number of ether oxygens (including phenoxy) is 1. The molecular weight excluding hydrogens is 216 g/mol. The normalized spacial score (nSPS) is 10.2. The summed E-state index contributed by atoms with van der Waals surface area (Å²) in [5, 5.41) is 2.78. The first-order chi connectivity index (χ1) is 8.15. The highest BCUT2D eigenvalue weighted by Gasteiger charge is 2.05. The van der Waals surface area contributed by atoms with E-state index in [1.54, 1.807) is 0 Å². The van der Waals surface area contributed by atoms with E-state index >= 15 is 0 Å². The van der Waals surface area contributed by atoms with E-state index in [2.05, 4.69) is 12.2 Å². The van der Waals surface area contributed by atoms with Crippen LogP contribution < -0.4 is 11.1 Å². The molecular formula is C13H20N2O2. The smallest absolute Gasteiger partial charge is 0.250 e. The zero-order chi connectivity index (χ0) is 12.7. The van der Waals surface area contributed by atoms with E-state index in [0.717, 1.165) is 24.1 Å². The number of hydrogen-bond donors (Lipinski definition) is 2. The Labute approximate surface area is 102 Å². The summed E-state index contributed by atoms with van der Waals surface area (Å²) in [6, 6.07) is 5.45. The van der Waals surface area contributed by atoms with Crippen molar-refractivity contribution in [1.29, 1.82) is 0 Å². The van der Waals surface area contributed by atoms with E-state index < -0.39 is 0 Å². The van der Waals surface area contributed by atoms with Crippen LogP contribution in [0.5, 0.6) is 0 Å². The summed E-state index contributed by atoms with van der Waals surface area (Å²) in [4.78, 5) is 11.6. The third-order valence-corrected chi connectivity index (χ3v) is 2.53. The zero-order valence-corrected chi connectivity index (χ0v) is 10.5. The molecule has 0 bridgehead atoms. The van der Waals surface area contributed by atoms with Crippen molar-refractivity contribution in [2.75, 3.05) is 24.3 Å².